The Kier molecular flexibility index (Phi) is 5.80. The third-order valence-corrected chi connectivity index (χ3v) is 6.42. The van der Waals surface area contributed by atoms with Crippen LogP contribution in [0, 0.1) is 0 Å². The van der Waals surface area contributed by atoms with Crippen molar-refractivity contribution in [3.05, 3.63) is 59.0 Å². The summed E-state index contributed by atoms with van der Waals surface area (Å²) in [5.74, 6) is 0.205. The minimum Gasteiger partial charge on any atom is -0.507 e. The lowest BCUT2D eigenvalue weighted by atomic mass is 9.84. The molecular weight excluding hydrogens is 430 g/mol. The second kappa shape index (κ2) is 8.90. The predicted molar refractivity (Wildman–Crippen MR) is 118 cm³/mol. The van der Waals surface area contributed by atoms with E-state index < -0.39 is 24.6 Å². The Hall–Kier alpha value is -3.33. The number of nitrogens with one attached hydrogen (secondary N) is 1. The number of nitrogens with zero attached hydrogens (tertiary/aromatic N) is 3. The number of halogens is 2. The van der Waals surface area contributed by atoms with Gasteiger partial charge in [0, 0.05) is 42.4 Å². The second-order valence-electron chi connectivity index (χ2n) is 8.57. The third-order valence-electron chi connectivity index (χ3n) is 6.42. The van der Waals surface area contributed by atoms with Crippen LogP contribution >= 0.6 is 0 Å². The summed E-state index contributed by atoms with van der Waals surface area (Å²) in [5.41, 5.74) is 1.59. The van der Waals surface area contributed by atoms with Gasteiger partial charge in [0.25, 0.3) is 5.56 Å². The fourth-order valence-corrected chi connectivity index (χ4v) is 4.67. The van der Waals surface area contributed by atoms with Crippen LogP contribution in [0.5, 0.6) is 11.6 Å². The molecule has 2 fully saturated rings. The standard InChI is InChI=1S/C24H24F2N4O3/c25-13-30-9-8-15(11-23(30)32)14-4-5-17(20(31)10-14)18-6-7-22(29-28-18)33-21-12-16-2-1-3-19(27-16)24(21)26/h4-11,16,19,21,24,27,31H,1-3,12-13H2/t16-,19+,21-,24+/m1/s1. The van der Waals surface area contributed by atoms with Crippen LogP contribution in [-0.2, 0) is 6.80 Å². The van der Waals surface area contributed by atoms with Crippen molar-refractivity contribution >= 4 is 0 Å². The van der Waals surface area contributed by atoms with Crippen molar-refractivity contribution in [3.63, 3.8) is 0 Å². The number of phenolic OH excluding ortho intramolecular Hbond substituents is 1. The molecule has 2 N–H and O–H groups in total. The van der Waals surface area contributed by atoms with E-state index in [4.69, 9.17) is 4.74 Å². The molecule has 0 amide bonds. The second-order valence-corrected chi connectivity index (χ2v) is 8.57. The van der Waals surface area contributed by atoms with Crippen molar-refractivity contribution in [2.24, 2.45) is 0 Å². The molecule has 0 radical (unpaired) electrons. The first kappa shape index (κ1) is 21.5. The Morgan fingerprint density at radius 1 is 1.12 bits per heavy atom. The van der Waals surface area contributed by atoms with Gasteiger partial charge in [-0.1, -0.05) is 12.5 Å². The van der Waals surface area contributed by atoms with E-state index in [1.165, 1.54) is 18.3 Å². The Morgan fingerprint density at radius 3 is 2.70 bits per heavy atom. The van der Waals surface area contributed by atoms with Gasteiger partial charge in [0.1, 0.15) is 11.9 Å². The number of piperidine rings is 2. The van der Waals surface area contributed by atoms with Gasteiger partial charge in [0.2, 0.25) is 5.88 Å². The summed E-state index contributed by atoms with van der Waals surface area (Å²) in [4.78, 5) is 11.9. The topological polar surface area (TPSA) is 89.3 Å². The Balaban J connectivity index is 1.32. The van der Waals surface area contributed by atoms with Gasteiger partial charge in [0.15, 0.2) is 13.0 Å². The van der Waals surface area contributed by atoms with Crippen molar-refractivity contribution in [2.75, 3.05) is 0 Å². The summed E-state index contributed by atoms with van der Waals surface area (Å²) in [6.45, 7) is -0.896. The number of fused-ring (bicyclic) bond motifs is 2. The monoisotopic (exact) mass is 454 g/mol. The van der Waals surface area contributed by atoms with Crippen LogP contribution in [0.15, 0.2) is 53.5 Å². The highest BCUT2D eigenvalue weighted by Crippen LogP contribution is 2.33. The fraction of sp³-hybridized carbons (Fsp3) is 0.375. The zero-order valence-electron chi connectivity index (χ0n) is 17.8. The molecule has 2 aromatic heterocycles. The fourth-order valence-electron chi connectivity index (χ4n) is 4.67. The number of pyridine rings is 1. The van der Waals surface area contributed by atoms with Gasteiger partial charge in [-0.15, -0.1) is 10.2 Å². The van der Waals surface area contributed by atoms with Crippen LogP contribution in [0.1, 0.15) is 25.7 Å². The predicted octanol–water partition coefficient (Wildman–Crippen LogP) is 3.60. The smallest absolute Gasteiger partial charge is 0.253 e. The van der Waals surface area contributed by atoms with Crippen molar-refractivity contribution in [1.29, 1.82) is 0 Å². The highest BCUT2D eigenvalue weighted by molar-refractivity contribution is 5.74. The maximum Gasteiger partial charge on any atom is 0.253 e. The summed E-state index contributed by atoms with van der Waals surface area (Å²) in [5, 5.41) is 22.1. The van der Waals surface area contributed by atoms with E-state index in [1.54, 1.807) is 30.3 Å². The van der Waals surface area contributed by atoms with Crippen LogP contribution in [0.4, 0.5) is 8.78 Å². The summed E-state index contributed by atoms with van der Waals surface area (Å²) < 4.78 is 34.2. The molecule has 33 heavy (non-hydrogen) atoms. The summed E-state index contributed by atoms with van der Waals surface area (Å²) in [6.07, 6.45) is 3.19. The van der Waals surface area contributed by atoms with E-state index in [1.807, 2.05) is 0 Å². The highest BCUT2D eigenvalue weighted by Gasteiger charge is 2.41. The Bertz CT molecular complexity index is 1200. The normalized spacial score (nSPS) is 24.4. The maximum absolute atomic E-state index is 14.7. The molecule has 0 spiro atoms. The molecule has 2 aliphatic heterocycles. The number of benzene rings is 1. The molecule has 0 unspecified atom stereocenters. The van der Waals surface area contributed by atoms with Crippen molar-refractivity contribution in [2.45, 2.75) is 56.8 Å². The molecular formula is C24H24F2N4O3. The minimum absolute atomic E-state index is 0.0415. The molecule has 0 saturated carbocycles. The van der Waals surface area contributed by atoms with Gasteiger partial charge >= 0.3 is 0 Å². The van der Waals surface area contributed by atoms with Crippen LogP contribution in [0.3, 0.4) is 0 Å². The lowest BCUT2D eigenvalue weighted by Crippen LogP contribution is -2.59. The number of alkyl halides is 2. The number of hydrogen-bond donors (Lipinski definition) is 2. The zero-order valence-corrected chi connectivity index (χ0v) is 17.8. The molecule has 1 aromatic carbocycles. The highest BCUT2D eigenvalue weighted by atomic mass is 19.1. The average molecular weight is 454 g/mol. The Morgan fingerprint density at radius 2 is 1.97 bits per heavy atom. The minimum atomic E-state index is -1.09. The van der Waals surface area contributed by atoms with E-state index in [2.05, 4.69) is 15.5 Å². The number of rotatable bonds is 5. The molecule has 7 nitrogen and oxygen atoms in total. The van der Waals surface area contributed by atoms with Gasteiger partial charge in [-0.05, 0) is 48.2 Å². The molecule has 4 heterocycles. The molecule has 9 heteroatoms. The van der Waals surface area contributed by atoms with Crippen LogP contribution in [0.25, 0.3) is 22.4 Å². The first-order chi connectivity index (χ1) is 16.0. The van der Waals surface area contributed by atoms with Gasteiger partial charge in [-0.25, -0.2) is 8.78 Å². The van der Waals surface area contributed by atoms with Crippen LogP contribution < -0.4 is 15.6 Å². The van der Waals surface area contributed by atoms with Gasteiger partial charge in [-0.2, -0.15) is 0 Å². The summed E-state index contributed by atoms with van der Waals surface area (Å²) in [7, 11) is 0. The van der Waals surface area contributed by atoms with E-state index in [0.29, 0.717) is 28.8 Å². The largest absolute Gasteiger partial charge is 0.507 e. The van der Waals surface area contributed by atoms with E-state index in [-0.39, 0.29) is 23.7 Å². The van der Waals surface area contributed by atoms with Crippen molar-refractivity contribution in [1.82, 2.24) is 20.1 Å². The molecule has 2 saturated heterocycles. The number of hydrogen-bond acceptors (Lipinski definition) is 6. The number of phenols is 1. The SMILES string of the molecule is O=c1cc(-c2ccc(-c3ccc(O[C@@H]4C[C@H]5CCC[C@H](N5)[C@@H]4F)nn3)c(O)c2)ccn1CF. The summed E-state index contributed by atoms with van der Waals surface area (Å²) >= 11 is 0. The number of aromatic hydroxyl groups is 1. The van der Waals surface area contributed by atoms with Crippen molar-refractivity contribution in [3.8, 4) is 34.0 Å². The molecule has 3 aromatic rings. The molecule has 172 valence electrons. The number of ether oxygens (including phenoxy) is 1. The first-order valence-electron chi connectivity index (χ1n) is 11.0. The first-order valence-corrected chi connectivity index (χ1v) is 11.0. The molecule has 2 aliphatic rings. The molecule has 2 bridgehead atoms. The zero-order chi connectivity index (χ0) is 22.9. The average Bonchev–Trinajstić information content (AvgIpc) is 2.83. The molecule has 5 rings (SSSR count). The Labute approximate surface area is 189 Å². The van der Waals surface area contributed by atoms with Crippen LogP contribution in [0.2, 0.25) is 0 Å². The van der Waals surface area contributed by atoms with Crippen molar-refractivity contribution < 1.29 is 18.6 Å². The lowest BCUT2D eigenvalue weighted by Gasteiger charge is -2.42. The lowest BCUT2D eigenvalue weighted by molar-refractivity contribution is 0.00652. The molecule has 0 aliphatic carbocycles. The molecule has 4 atom stereocenters. The van der Waals surface area contributed by atoms with E-state index >= 15 is 0 Å². The van der Waals surface area contributed by atoms with Gasteiger partial charge in [-0.3, -0.25) is 9.36 Å². The van der Waals surface area contributed by atoms with E-state index in [0.717, 1.165) is 23.8 Å². The van der Waals surface area contributed by atoms with Gasteiger partial charge in [0.05, 0.1) is 5.69 Å². The number of aromatic nitrogens is 3. The van der Waals surface area contributed by atoms with E-state index in [9.17, 15) is 18.7 Å². The summed E-state index contributed by atoms with van der Waals surface area (Å²) in [6, 6.07) is 11.2. The van der Waals surface area contributed by atoms with Gasteiger partial charge < -0.3 is 15.2 Å². The quantitative estimate of drug-likeness (QED) is 0.612. The third kappa shape index (κ3) is 4.32. The maximum atomic E-state index is 14.7. The van der Waals surface area contributed by atoms with Crippen LogP contribution in [-0.4, -0.2) is 44.2 Å².